The summed E-state index contributed by atoms with van der Waals surface area (Å²) in [5.74, 6) is 0. The number of aromatic nitrogens is 1. The van der Waals surface area contributed by atoms with E-state index in [1.54, 1.807) is 37.4 Å². The maximum Gasteiger partial charge on any atom is 0.241 e. The molecule has 2 unspecified atom stereocenters. The van der Waals surface area contributed by atoms with Crippen molar-refractivity contribution >= 4 is 21.4 Å². The van der Waals surface area contributed by atoms with Crippen LogP contribution in [-0.4, -0.2) is 13.4 Å². The van der Waals surface area contributed by atoms with Crippen LogP contribution in [0.15, 0.2) is 35.4 Å². The van der Waals surface area contributed by atoms with E-state index in [0.29, 0.717) is 0 Å². The zero-order valence-corrected chi connectivity index (χ0v) is 13.8. The summed E-state index contributed by atoms with van der Waals surface area (Å²) in [6, 6.07) is 6.13. The first-order chi connectivity index (χ1) is 9.79. The SMILES string of the molecule is Cc1cnc(C(C)NS(=O)(=O)c2ccc(C(C)N)cc2)s1. The van der Waals surface area contributed by atoms with E-state index < -0.39 is 10.0 Å². The van der Waals surface area contributed by atoms with E-state index in [1.165, 1.54) is 11.3 Å². The smallest absolute Gasteiger partial charge is 0.241 e. The molecule has 0 amide bonds. The van der Waals surface area contributed by atoms with Crippen LogP contribution in [0.5, 0.6) is 0 Å². The van der Waals surface area contributed by atoms with Gasteiger partial charge >= 0.3 is 0 Å². The summed E-state index contributed by atoms with van der Waals surface area (Å²) in [6.45, 7) is 5.58. The third-order valence-electron chi connectivity index (χ3n) is 3.06. The van der Waals surface area contributed by atoms with Crippen molar-refractivity contribution < 1.29 is 8.42 Å². The Balaban J connectivity index is 2.18. The van der Waals surface area contributed by atoms with E-state index in [9.17, 15) is 8.42 Å². The molecule has 0 bridgehead atoms. The molecule has 1 aromatic carbocycles. The second-order valence-corrected chi connectivity index (χ2v) is 7.99. The highest BCUT2D eigenvalue weighted by Crippen LogP contribution is 2.22. The molecule has 1 heterocycles. The van der Waals surface area contributed by atoms with Crippen LogP contribution in [0.2, 0.25) is 0 Å². The van der Waals surface area contributed by atoms with Crippen LogP contribution in [0, 0.1) is 6.92 Å². The van der Waals surface area contributed by atoms with Crippen molar-refractivity contribution in [2.24, 2.45) is 5.73 Å². The first-order valence-electron chi connectivity index (χ1n) is 6.60. The van der Waals surface area contributed by atoms with Gasteiger partial charge in [0.2, 0.25) is 10.0 Å². The maximum absolute atomic E-state index is 12.3. The topological polar surface area (TPSA) is 85.1 Å². The second kappa shape index (κ2) is 6.23. The van der Waals surface area contributed by atoms with Gasteiger partial charge in [-0.1, -0.05) is 12.1 Å². The van der Waals surface area contributed by atoms with Gasteiger partial charge in [-0.05, 0) is 38.5 Å². The lowest BCUT2D eigenvalue weighted by atomic mass is 10.1. The maximum atomic E-state index is 12.3. The molecule has 21 heavy (non-hydrogen) atoms. The molecule has 0 aliphatic heterocycles. The number of nitrogens with one attached hydrogen (secondary N) is 1. The Bertz CT molecular complexity index is 706. The third-order valence-corrected chi connectivity index (χ3v) is 5.71. The Labute approximate surface area is 129 Å². The van der Waals surface area contributed by atoms with Crippen LogP contribution in [0.1, 0.15) is 41.4 Å². The number of sulfonamides is 1. The summed E-state index contributed by atoms with van der Waals surface area (Å²) in [4.78, 5) is 5.49. The molecule has 2 rings (SSSR count). The van der Waals surface area contributed by atoms with Crippen LogP contribution in [-0.2, 0) is 10.0 Å². The molecular formula is C14H19N3O2S2. The average molecular weight is 325 g/mol. The lowest BCUT2D eigenvalue weighted by Crippen LogP contribution is -2.26. The predicted octanol–water partition coefficient (Wildman–Crippen LogP) is 2.51. The Morgan fingerprint density at radius 1 is 1.24 bits per heavy atom. The average Bonchev–Trinajstić information content (AvgIpc) is 2.85. The van der Waals surface area contributed by atoms with Gasteiger partial charge in [-0.25, -0.2) is 18.1 Å². The molecule has 0 fully saturated rings. The number of thiazole rings is 1. The van der Waals surface area contributed by atoms with Gasteiger partial charge in [0.05, 0.1) is 10.9 Å². The molecule has 114 valence electrons. The first-order valence-corrected chi connectivity index (χ1v) is 8.90. The number of rotatable bonds is 5. The van der Waals surface area contributed by atoms with E-state index in [0.717, 1.165) is 15.4 Å². The number of hydrogen-bond donors (Lipinski definition) is 2. The van der Waals surface area contributed by atoms with Crippen molar-refractivity contribution in [1.82, 2.24) is 9.71 Å². The normalized spacial score (nSPS) is 14.9. The zero-order chi connectivity index (χ0) is 15.6. The molecule has 0 aliphatic carbocycles. The Morgan fingerprint density at radius 3 is 2.33 bits per heavy atom. The Kier molecular flexibility index (Phi) is 4.77. The summed E-state index contributed by atoms with van der Waals surface area (Å²) in [5, 5.41) is 0.753. The number of nitrogens with zero attached hydrogens (tertiary/aromatic N) is 1. The number of hydrogen-bond acceptors (Lipinski definition) is 5. The molecule has 2 aromatic rings. The lowest BCUT2D eigenvalue weighted by Gasteiger charge is -2.13. The predicted molar refractivity (Wildman–Crippen MR) is 84.6 cm³/mol. The largest absolute Gasteiger partial charge is 0.324 e. The van der Waals surface area contributed by atoms with Gasteiger partial charge in [0.25, 0.3) is 0 Å². The minimum absolute atomic E-state index is 0.119. The fourth-order valence-corrected chi connectivity index (χ4v) is 3.93. The third kappa shape index (κ3) is 3.88. The van der Waals surface area contributed by atoms with Crippen molar-refractivity contribution in [2.45, 2.75) is 37.8 Å². The molecule has 7 heteroatoms. The Morgan fingerprint density at radius 2 is 1.86 bits per heavy atom. The highest BCUT2D eigenvalue weighted by Gasteiger charge is 2.20. The molecule has 0 radical (unpaired) electrons. The molecule has 2 atom stereocenters. The lowest BCUT2D eigenvalue weighted by molar-refractivity contribution is 0.566. The zero-order valence-electron chi connectivity index (χ0n) is 12.2. The highest BCUT2D eigenvalue weighted by atomic mass is 32.2. The van der Waals surface area contributed by atoms with Crippen molar-refractivity contribution in [3.05, 3.63) is 45.9 Å². The van der Waals surface area contributed by atoms with E-state index in [2.05, 4.69) is 9.71 Å². The van der Waals surface area contributed by atoms with Crippen LogP contribution < -0.4 is 10.5 Å². The van der Waals surface area contributed by atoms with Crippen LogP contribution in [0.25, 0.3) is 0 Å². The summed E-state index contributed by atoms with van der Waals surface area (Å²) in [6.07, 6.45) is 1.74. The molecule has 1 aromatic heterocycles. The highest BCUT2D eigenvalue weighted by molar-refractivity contribution is 7.89. The van der Waals surface area contributed by atoms with Gasteiger partial charge in [-0.2, -0.15) is 0 Å². The molecule has 0 saturated carbocycles. The van der Waals surface area contributed by atoms with Crippen molar-refractivity contribution in [2.75, 3.05) is 0 Å². The van der Waals surface area contributed by atoms with Crippen LogP contribution in [0.4, 0.5) is 0 Å². The van der Waals surface area contributed by atoms with E-state index in [1.807, 2.05) is 13.8 Å². The monoisotopic (exact) mass is 325 g/mol. The van der Waals surface area contributed by atoms with E-state index >= 15 is 0 Å². The summed E-state index contributed by atoms with van der Waals surface area (Å²) < 4.78 is 27.3. The van der Waals surface area contributed by atoms with Crippen LogP contribution in [0.3, 0.4) is 0 Å². The Hall–Kier alpha value is -1.28. The number of aryl methyl sites for hydroxylation is 1. The van der Waals surface area contributed by atoms with Crippen molar-refractivity contribution in [3.8, 4) is 0 Å². The first kappa shape index (κ1) is 16.1. The van der Waals surface area contributed by atoms with Crippen molar-refractivity contribution in [1.29, 1.82) is 0 Å². The summed E-state index contributed by atoms with van der Waals surface area (Å²) in [5.41, 5.74) is 6.66. The molecule has 0 spiro atoms. The fraction of sp³-hybridized carbons (Fsp3) is 0.357. The minimum atomic E-state index is -3.57. The van der Waals surface area contributed by atoms with Gasteiger partial charge in [-0.15, -0.1) is 11.3 Å². The van der Waals surface area contributed by atoms with E-state index in [4.69, 9.17) is 5.73 Å². The van der Waals surface area contributed by atoms with Gasteiger partial charge in [0.1, 0.15) is 5.01 Å². The van der Waals surface area contributed by atoms with Gasteiger partial charge in [0.15, 0.2) is 0 Å². The summed E-state index contributed by atoms with van der Waals surface area (Å²) in [7, 11) is -3.57. The number of benzene rings is 1. The molecule has 0 aliphatic rings. The minimum Gasteiger partial charge on any atom is -0.324 e. The summed E-state index contributed by atoms with van der Waals surface area (Å²) >= 11 is 1.48. The fourth-order valence-electron chi connectivity index (χ4n) is 1.87. The quantitative estimate of drug-likeness (QED) is 0.884. The molecule has 3 N–H and O–H groups in total. The molecular weight excluding hydrogens is 306 g/mol. The van der Waals surface area contributed by atoms with Gasteiger partial charge in [-0.3, -0.25) is 0 Å². The number of nitrogens with two attached hydrogens (primary N) is 1. The van der Waals surface area contributed by atoms with Gasteiger partial charge in [0, 0.05) is 17.1 Å². The van der Waals surface area contributed by atoms with Crippen LogP contribution >= 0.6 is 11.3 Å². The standard InChI is InChI=1S/C14H19N3O2S2/c1-9-8-16-14(20-9)11(3)17-21(18,19)13-6-4-12(5-7-13)10(2)15/h4-8,10-11,17H,15H2,1-3H3. The molecule has 0 saturated heterocycles. The van der Waals surface area contributed by atoms with Gasteiger partial charge < -0.3 is 5.73 Å². The second-order valence-electron chi connectivity index (χ2n) is 5.01. The van der Waals surface area contributed by atoms with Crippen molar-refractivity contribution in [3.63, 3.8) is 0 Å². The van der Waals surface area contributed by atoms with E-state index in [-0.39, 0.29) is 17.0 Å². The molecule has 5 nitrogen and oxygen atoms in total.